The molecule has 2 amide bonds. The van der Waals surface area contributed by atoms with E-state index in [1.54, 1.807) is 0 Å². The lowest BCUT2D eigenvalue weighted by molar-refractivity contribution is -0.127. The number of thiazole rings is 1. The van der Waals surface area contributed by atoms with Crippen LogP contribution < -0.4 is 15.8 Å². The zero-order valence-corrected chi connectivity index (χ0v) is 15.9. The number of likely N-dealkylation sites (N-methyl/N-ethyl adjacent to an activating group) is 1. The highest BCUT2D eigenvalue weighted by molar-refractivity contribution is 7.09. The van der Waals surface area contributed by atoms with Gasteiger partial charge in [0.15, 0.2) is 0 Å². The van der Waals surface area contributed by atoms with Crippen LogP contribution in [-0.2, 0) is 16.0 Å². The van der Waals surface area contributed by atoms with Gasteiger partial charge in [0.25, 0.3) is 5.91 Å². The van der Waals surface area contributed by atoms with Crippen LogP contribution in [0.4, 0.5) is 5.69 Å². The molecule has 1 heterocycles. The Balaban J connectivity index is 1.86. The molecule has 0 saturated carbocycles. The maximum Gasteiger partial charge on any atom is 0.257 e. The molecule has 0 aliphatic rings. The molecular weight excluding hydrogens is 336 g/mol. The van der Waals surface area contributed by atoms with Gasteiger partial charge >= 0.3 is 0 Å². The van der Waals surface area contributed by atoms with Crippen molar-refractivity contribution in [1.82, 2.24) is 15.8 Å². The Morgan fingerprint density at radius 2 is 1.72 bits per heavy atom. The summed E-state index contributed by atoms with van der Waals surface area (Å²) < 4.78 is 0. The third-order valence-electron chi connectivity index (χ3n) is 3.61. The lowest BCUT2D eigenvalue weighted by atomic mass is 10.1. The van der Waals surface area contributed by atoms with Gasteiger partial charge in [-0.2, -0.15) is 0 Å². The number of hydrazine groups is 1. The molecule has 2 aromatic rings. The van der Waals surface area contributed by atoms with Gasteiger partial charge in [-0.05, 0) is 51.0 Å². The minimum Gasteiger partial charge on any atom is -0.362 e. The van der Waals surface area contributed by atoms with Crippen LogP contribution in [0.1, 0.15) is 28.8 Å². The molecule has 0 atom stereocenters. The van der Waals surface area contributed by atoms with E-state index in [9.17, 15) is 9.59 Å². The normalized spacial score (nSPS) is 10.4. The predicted molar refractivity (Wildman–Crippen MR) is 101 cm³/mol. The van der Waals surface area contributed by atoms with E-state index in [0.717, 1.165) is 27.5 Å². The largest absolute Gasteiger partial charge is 0.362 e. The molecule has 0 aliphatic heterocycles. The van der Waals surface area contributed by atoms with E-state index in [1.165, 1.54) is 11.3 Å². The summed E-state index contributed by atoms with van der Waals surface area (Å²) in [6.45, 7) is 8.81. The molecule has 7 heteroatoms. The van der Waals surface area contributed by atoms with E-state index in [2.05, 4.69) is 21.9 Å². The summed E-state index contributed by atoms with van der Waals surface area (Å²) in [4.78, 5) is 30.2. The summed E-state index contributed by atoms with van der Waals surface area (Å²) in [5.41, 5.74) is 9.11. The first-order valence-electron chi connectivity index (χ1n) is 8.19. The van der Waals surface area contributed by atoms with E-state index < -0.39 is 0 Å². The highest BCUT2D eigenvalue weighted by Crippen LogP contribution is 2.18. The van der Waals surface area contributed by atoms with Crippen LogP contribution in [0, 0.1) is 20.8 Å². The number of carbonyl (C=O) groups excluding carboxylic acids is 2. The fourth-order valence-corrected chi connectivity index (χ4v) is 3.31. The van der Waals surface area contributed by atoms with Crippen molar-refractivity contribution in [2.45, 2.75) is 34.1 Å². The second kappa shape index (κ2) is 8.62. The molecule has 6 nitrogen and oxygen atoms in total. The summed E-state index contributed by atoms with van der Waals surface area (Å²) in [6, 6.07) is 6.19. The number of benzene rings is 1. The third kappa shape index (κ3) is 5.86. The Morgan fingerprint density at radius 3 is 2.28 bits per heavy atom. The highest BCUT2D eigenvalue weighted by atomic mass is 32.1. The van der Waals surface area contributed by atoms with Crippen molar-refractivity contribution in [3.63, 3.8) is 0 Å². The number of rotatable bonds is 6. The summed E-state index contributed by atoms with van der Waals surface area (Å²) in [5.74, 6) is -0.540. The number of nitrogens with one attached hydrogen (secondary N) is 2. The SMILES string of the molecule is CCN(CC(=O)NNC(=O)Cc1nc(C)cs1)c1cc(C)cc(C)c1. The Labute approximate surface area is 152 Å². The molecule has 1 aromatic heterocycles. The molecule has 0 spiro atoms. The summed E-state index contributed by atoms with van der Waals surface area (Å²) in [7, 11) is 0. The minimum atomic E-state index is -0.280. The highest BCUT2D eigenvalue weighted by Gasteiger charge is 2.12. The number of anilines is 1. The van der Waals surface area contributed by atoms with Crippen LogP contribution in [0.25, 0.3) is 0 Å². The first-order valence-corrected chi connectivity index (χ1v) is 9.07. The van der Waals surface area contributed by atoms with Crippen LogP contribution in [-0.4, -0.2) is 29.9 Å². The van der Waals surface area contributed by atoms with Gasteiger partial charge in [-0.25, -0.2) is 4.98 Å². The zero-order valence-electron chi connectivity index (χ0n) is 15.0. The van der Waals surface area contributed by atoms with E-state index in [4.69, 9.17) is 0 Å². The average molecular weight is 360 g/mol. The number of hydrogen-bond donors (Lipinski definition) is 2. The Bertz CT molecular complexity index is 737. The molecule has 2 rings (SSSR count). The Hall–Kier alpha value is -2.41. The first-order chi connectivity index (χ1) is 11.9. The van der Waals surface area contributed by atoms with Crippen LogP contribution in [0.3, 0.4) is 0 Å². The minimum absolute atomic E-state index is 0.160. The van der Waals surface area contributed by atoms with Crippen molar-refractivity contribution in [2.75, 3.05) is 18.0 Å². The molecule has 0 fully saturated rings. The maximum absolute atomic E-state index is 12.1. The number of carbonyl (C=O) groups is 2. The summed E-state index contributed by atoms with van der Waals surface area (Å²) >= 11 is 1.43. The number of nitrogens with zero attached hydrogens (tertiary/aromatic N) is 2. The van der Waals surface area contributed by atoms with Gasteiger partial charge in [-0.15, -0.1) is 11.3 Å². The van der Waals surface area contributed by atoms with Crippen molar-refractivity contribution < 1.29 is 9.59 Å². The van der Waals surface area contributed by atoms with Crippen LogP contribution >= 0.6 is 11.3 Å². The molecule has 0 aliphatic carbocycles. The van der Waals surface area contributed by atoms with E-state index in [-0.39, 0.29) is 24.8 Å². The average Bonchev–Trinajstić information content (AvgIpc) is 2.94. The van der Waals surface area contributed by atoms with E-state index in [1.807, 2.05) is 50.1 Å². The molecule has 0 radical (unpaired) electrons. The number of hydrogen-bond acceptors (Lipinski definition) is 5. The number of aryl methyl sites for hydroxylation is 3. The fraction of sp³-hybridized carbons (Fsp3) is 0.389. The maximum atomic E-state index is 12.1. The summed E-state index contributed by atoms with van der Waals surface area (Å²) in [5, 5.41) is 2.62. The zero-order chi connectivity index (χ0) is 18.4. The van der Waals surface area contributed by atoms with Gasteiger partial charge in [-0.1, -0.05) is 6.07 Å². The lowest BCUT2D eigenvalue weighted by Crippen LogP contribution is -2.47. The third-order valence-corrected chi connectivity index (χ3v) is 4.57. The molecule has 0 bridgehead atoms. The smallest absolute Gasteiger partial charge is 0.257 e. The van der Waals surface area contributed by atoms with Crippen LogP contribution in [0.15, 0.2) is 23.6 Å². The van der Waals surface area contributed by atoms with Crippen LogP contribution in [0.2, 0.25) is 0 Å². The molecule has 2 N–H and O–H groups in total. The van der Waals surface area contributed by atoms with Crippen molar-refractivity contribution in [3.8, 4) is 0 Å². The molecule has 0 saturated heterocycles. The molecule has 0 unspecified atom stereocenters. The lowest BCUT2D eigenvalue weighted by Gasteiger charge is -2.23. The molecular formula is C18H24N4O2S. The standard InChI is InChI=1S/C18H24N4O2S/c1-5-22(15-7-12(2)6-13(3)8-15)10-17(24)21-20-16(23)9-18-19-14(4)11-25-18/h6-8,11H,5,9-10H2,1-4H3,(H,20,23)(H,21,24). The first kappa shape index (κ1) is 18.9. The van der Waals surface area contributed by atoms with E-state index >= 15 is 0 Å². The molecule has 1 aromatic carbocycles. The quantitative estimate of drug-likeness (QED) is 0.775. The summed E-state index contributed by atoms with van der Waals surface area (Å²) in [6.07, 6.45) is 0.160. The van der Waals surface area contributed by atoms with Gasteiger partial charge in [0.1, 0.15) is 5.01 Å². The monoisotopic (exact) mass is 360 g/mol. The van der Waals surface area contributed by atoms with Crippen molar-refractivity contribution in [3.05, 3.63) is 45.4 Å². The Kier molecular flexibility index (Phi) is 6.52. The van der Waals surface area contributed by atoms with Gasteiger partial charge in [0, 0.05) is 23.3 Å². The second-order valence-electron chi connectivity index (χ2n) is 6.02. The van der Waals surface area contributed by atoms with E-state index in [0.29, 0.717) is 6.54 Å². The number of amides is 2. The van der Waals surface area contributed by atoms with Crippen molar-refractivity contribution in [2.24, 2.45) is 0 Å². The van der Waals surface area contributed by atoms with Gasteiger partial charge in [0.2, 0.25) is 5.91 Å². The van der Waals surface area contributed by atoms with Crippen molar-refractivity contribution in [1.29, 1.82) is 0 Å². The molecule has 25 heavy (non-hydrogen) atoms. The van der Waals surface area contributed by atoms with Gasteiger partial charge in [0.05, 0.1) is 13.0 Å². The Morgan fingerprint density at radius 1 is 1.08 bits per heavy atom. The molecule has 134 valence electrons. The number of aromatic nitrogens is 1. The van der Waals surface area contributed by atoms with Gasteiger partial charge < -0.3 is 4.90 Å². The van der Waals surface area contributed by atoms with Gasteiger partial charge in [-0.3, -0.25) is 20.4 Å². The topological polar surface area (TPSA) is 74.3 Å². The van der Waals surface area contributed by atoms with Crippen LogP contribution in [0.5, 0.6) is 0 Å². The van der Waals surface area contributed by atoms with Crippen molar-refractivity contribution >= 4 is 28.8 Å². The fourth-order valence-electron chi connectivity index (χ4n) is 2.54. The second-order valence-corrected chi connectivity index (χ2v) is 6.96. The predicted octanol–water partition coefficient (Wildman–Crippen LogP) is 2.28.